The zero-order valence-electron chi connectivity index (χ0n) is 18.9. The Balaban J connectivity index is 1.33. The number of anilines is 1. The molecule has 2 heterocycles. The van der Waals surface area contributed by atoms with Crippen LogP contribution >= 0.6 is 0 Å². The summed E-state index contributed by atoms with van der Waals surface area (Å²) in [5.74, 6) is 0.537. The van der Waals surface area contributed by atoms with E-state index >= 15 is 0 Å². The Kier molecular flexibility index (Phi) is 7.96. The molecule has 0 radical (unpaired) electrons. The second-order valence-electron chi connectivity index (χ2n) is 8.36. The van der Waals surface area contributed by atoms with Gasteiger partial charge in [0.25, 0.3) is 0 Å². The van der Waals surface area contributed by atoms with Gasteiger partial charge in [-0.3, -0.25) is 9.89 Å². The predicted molar refractivity (Wildman–Crippen MR) is 128 cm³/mol. The molecule has 2 N–H and O–H groups in total. The summed E-state index contributed by atoms with van der Waals surface area (Å²) in [5, 5.41) is 6.80. The van der Waals surface area contributed by atoms with Crippen molar-refractivity contribution in [2.75, 3.05) is 57.9 Å². The molecule has 2 aromatic rings. The van der Waals surface area contributed by atoms with Crippen molar-refractivity contribution in [2.24, 2.45) is 4.99 Å². The molecule has 0 saturated carbocycles. The zero-order chi connectivity index (χ0) is 22.2. The first-order valence-electron chi connectivity index (χ1n) is 11.6. The van der Waals surface area contributed by atoms with Gasteiger partial charge in [0.15, 0.2) is 5.96 Å². The van der Waals surface area contributed by atoms with Crippen LogP contribution in [0.2, 0.25) is 0 Å². The lowest BCUT2D eigenvalue weighted by molar-refractivity contribution is 0.122. The Morgan fingerprint density at radius 3 is 2.47 bits per heavy atom. The monoisotopic (exact) mass is 439 g/mol. The van der Waals surface area contributed by atoms with Crippen LogP contribution < -0.4 is 15.5 Å². The van der Waals surface area contributed by atoms with E-state index in [0.717, 1.165) is 44.2 Å². The third-order valence-corrected chi connectivity index (χ3v) is 6.28. The fraction of sp³-hybridized carbons (Fsp3) is 0.480. The van der Waals surface area contributed by atoms with Crippen molar-refractivity contribution in [3.8, 4) is 0 Å². The number of nitrogens with one attached hydrogen (secondary N) is 2. The van der Waals surface area contributed by atoms with Crippen LogP contribution in [0.5, 0.6) is 0 Å². The normalized spacial score (nSPS) is 18.6. The van der Waals surface area contributed by atoms with E-state index in [0.29, 0.717) is 31.5 Å². The molecule has 0 bridgehead atoms. The summed E-state index contributed by atoms with van der Waals surface area (Å²) >= 11 is 0. The predicted octanol–water partition coefficient (Wildman–Crippen LogP) is 3.16. The highest BCUT2D eigenvalue weighted by Gasteiger charge is 2.23. The number of aliphatic imine (C=N–C) groups is 1. The van der Waals surface area contributed by atoms with E-state index in [4.69, 9.17) is 4.74 Å². The van der Waals surface area contributed by atoms with Crippen molar-refractivity contribution in [2.45, 2.75) is 25.4 Å². The molecule has 2 aliphatic heterocycles. The van der Waals surface area contributed by atoms with Crippen molar-refractivity contribution >= 4 is 11.6 Å². The molecular weight excluding hydrogens is 405 g/mol. The molecule has 6 nitrogen and oxygen atoms in total. The maximum atomic E-state index is 14.7. The standard InChI is InChI=1S/C25H34FN5O/c1-27-25(29-19-24(30-11-5-6-12-30)21-7-3-2-4-8-21)28-18-20-9-10-23(22(26)17-20)31-13-15-32-16-14-31/h2-4,7-10,17,24H,5-6,11-16,18-19H2,1H3,(H2,27,28,29). The molecule has 2 aromatic carbocycles. The molecular formula is C25H34FN5O. The van der Waals surface area contributed by atoms with Gasteiger partial charge in [-0.2, -0.15) is 0 Å². The molecule has 32 heavy (non-hydrogen) atoms. The topological polar surface area (TPSA) is 52.1 Å². The van der Waals surface area contributed by atoms with Crippen LogP contribution in [-0.2, 0) is 11.3 Å². The van der Waals surface area contributed by atoms with Crippen molar-refractivity contribution in [1.82, 2.24) is 15.5 Å². The van der Waals surface area contributed by atoms with E-state index in [2.05, 4.69) is 50.9 Å². The number of benzene rings is 2. The fourth-order valence-corrected chi connectivity index (χ4v) is 4.51. The van der Waals surface area contributed by atoms with Gasteiger partial charge in [0, 0.05) is 33.2 Å². The zero-order valence-corrected chi connectivity index (χ0v) is 18.9. The average molecular weight is 440 g/mol. The summed E-state index contributed by atoms with van der Waals surface area (Å²) in [6, 6.07) is 16.4. The molecule has 0 amide bonds. The number of morpholine rings is 1. The Labute approximate surface area is 190 Å². The van der Waals surface area contributed by atoms with Crippen LogP contribution in [0, 0.1) is 5.82 Å². The summed E-state index contributed by atoms with van der Waals surface area (Å²) < 4.78 is 20.1. The highest BCUT2D eigenvalue weighted by molar-refractivity contribution is 5.79. The lowest BCUT2D eigenvalue weighted by Crippen LogP contribution is -2.42. The molecule has 0 spiro atoms. The van der Waals surface area contributed by atoms with Crippen molar-refractivity contribution in [3.05, 3.63) is 65.5 Å². The van der Waals surface area contributed by atoms with E-state index < -0.39 is 0 Å². The lowest BCUT2D eigenvalue weighted by Gasteiger charge is -2.29. The van der Waals surface area contributed by atoms with Gasteiger partial charge in [0.1, 0.15) is 5.82 Å². The van der Waals surface area contributed by atoms with Gasteiger partial charge in [-0.1, -0.05) is 36.4 Å². The van der Waals surface area contributed by atoms with Gasteiger partial charge in [0.05, 0.1) is 24.9 Å². The van der Waals surface area contributed by atoms with E-state index in [1.165, 1.54) is 18.4 Å². The molecule has 2 aliphatic rings. The summed E-state index contributed by atoms with van der Waals surface area (Å²) in [5.41, 5.74) is 2.86. The van der Waals surface area contributed by atoms with Crippen LogP contribution in [-0.4, -0.2) is 63.8 Å². The van der Waals surface area contributed by atoms with E-state index in [1.807, 2.05) is 17.0 Å². The molecule has 2 fully saturated rings. The maximum absolute atomic E-state index is 14.7. The van der Waals surface area contributed by atoms with Gasteiger partial charge in [-0.25, -0.2) is 4.39 Å². The van der Waals surface area contributed by atoms with E-state index in [9.17, 15) is 4.39 Å². The number of nitrogens with zero attached hydrogens (tertiary/aromatic N) is 3. The summed E-state index contributed by atoms with van der Waals surface area (Å²) in [6.45, 7) is 6.28. The van der Waals surface area contributed by atoms with Crippen LogP contribution in [0.1, 0.15) is 30.0 Å². The Morgan fingerprint density at radius 2 is 1.78 bits per heavy atom. The minimum Gasteiger partial charge on any atom is -0.378 e. The van der Waals surface area contributed by atoms with Crippen molar-refractivity contribution in [1.29, 1.82) is 0 Å². The molecule has 172 valence electrons. The van der Waals surface area contributed by atoms with Crippen molar-refractivity contribution < 1.29 is 9.13 Å². The Bertz CT molecular complexity index is 879. The minimum absolute atomic E-state index is 0.188. The van der Waals surface area contributed by atoms with E-state index in [1.54, 1.807) is 13.1 Å². The molecule has 7 heteroatoms. The SMILES string of the molecule is CN=C(NCc1ccc(N2CCOCC2)c(F)c1)NCC(c1ccccc1)N1CCCC1. The first-order chi connectivity index (χ1) is 15.7. The number of rotatable bonds is 7. The van der Waals surface area contributed by atoms with Gasteiger partial charge in [-0.05, 0) is 49.2 Å². The third kappa shape index (κ3) is 5.78. The molecule has 0 aromatic heterocycles. The van der Waals surface area contributed by atoms with Crippen LogP contribution in [0.15, 0.2) is 53.5 Å². The lowest BCUT2D eigenvalue weighted by atomic mass is 10.1. The second-order valence-corrected chi connectivity index (χ2v) is 8.36. The van der Waals surface area contributed by atoms with Gasteiger partial charge in [0.2, 0.25) is 0 Å². The largest absolute Gasteiger partial charge is 0.378 e. The molecule has 1 unspecified atom stereocenters. The smallest absolute Gasteiger partial charge is 0.191 e. The third-order valence-electron chi connectivity index (χ3n) is 6.28. The molecule has 1 atom stereocenters. The van der Waals surface area contributed by atoms with Crippen LogP contribution in [0.3, 0.4) is 0 Å². The first-order valence-corrected chi connectivity index (χ1v) is 11.6. The Morgan fingerprint density at radius 1 is 1.03 bits per heavy atom. The molecule has 2 saturated heterocycles. The average Bonchev–Trinajstić information content (AvgIpc) is 3.37. The quantitative estimate of drug-likeness (QED) is 0.513. The molecule has 4 rings (SSSR count). The molecule has 0 aliphatic carbocycles. The summed E-state index contributed by atoms with van der Waals surface area (Å²) in [6.07, 6.45) is 2.50. The number of hydrogen-bond donors (Lipinski definition) is 2. The van der Waals surface area contributed by atoms with Gasteiger partial charge in [-0.15, -0.1) is 0 Å². The summed E-state index contributed by atoms with van der Waals surface area (Å²) in [7, 11) is 1.77. The fourth-order valence-electron chi connectivity index (χ4n) is 4.51. The van der Waals surface area contributed by atoms with E-state index in [-0.39, 0.29) is 5.82 Å². The number of likely N-dealkylation sites (tertiary alicyclic amines) is 1. The number of guanidine groups is 1. The highest BCUT2D eigenvalue weighted by Crippen LogP contribution is 2.24. The minimum atomic E-state index is -0.188. The Hall–Kier alpha value is -2.64. The highest BCUT2D eigenvalue weighted by atomic mass is 19.1. The maximum Gasteiger partial charge on any atom is 0.191 e. The second kappa shape index (κ2) is 11.3. The van der Waals surface area contributed by atoms with Crippen molar-refractivity contribution in [3.63, 3.8) is 0 Å². The number of halogens is 1. The van der Waals surface area contributed by atoms with Crippen LogP contribution in [0.4, 0.5) is 10.1 Å². The summed E-state index contributed by atoms with van der Waals surface area (Å²) in [4.78, 5) is 8.95. The number of hydrogen-bond acceptors (Lipinski definition) is 4. The van der Waals surface area contributed by atoms with Crippen LogP contribution in [0.25, 0.3) is 0 Å². The van der Waals surface area contributed by atoms with Gasteiger partial charge < -0.3 is 20.3 Å². The first kappa shape index (κ1) is 22.6. The van der Waals surface area contributed by atoms with Gasteiger partial charge >= 0.3 is 0 Å². The number of ether oxygens (including phenoxy) is 1.